The maximum absolute atomic E-state index is 13.4. The summed E-state index contributed by atoms with van der Waals surface area (Å²) in [4.78, 5) is 30.3. The van der Waals surface area contributed by atoms with Crippen LogP contribution in [0.3, 0.4) is 0 Å². The average Bonchev–Trinajstić information content (AvgIpc) is 3.39. The van der Waals surface area contributed by atoms with E-state index in [1.807, 2.05) is 5.38 Å². The third-order valence-corrected chi connectivity index (χ3v) is 7.34. The number of non-ortho nitro benzene ring substituents is 1. The number of nitro benzene ring substituents is 1. The number of hydrogen-bond donors (Lipinski definition) is 1. The molecule has 5 rings (SSSR count). The molecule has 1 N–H and O–H groups in total. The highest BCUT2D eigenvalue weighted by atomic mass is 32.1. The number of anilines is 1. The molecule has 0 aliphatic carbocycles. The van der Waals surface area contributed by atoms with Gasteiger partial charge >= 0.3 is 6.09 Å². The van der Waals surface area contributed by atoms with Crippen LogP contribution >= 0.6 is 11.3 Å². The van der Waals surface area contributed by atoms with Gasteiger partial charge in [0.25, 0.3) is 5.69 Å². The molecule has 10 nitrogen and oxygen atoms in total. The summed E-state index contributed by atoms with van der Waals surface area (Å²) < 4.78 is 26.2. The van der Waals surface area contributed by atoms with Crippen molar-refractivity contribution in [2.24, 2.45) is 4.99 Å². The van der Waals surface area contributed by atoms with Crippen molar-refractivity contribution < 1.29 is 23.6 Å². The Balaban J connectivity index is 1.28. The van der Waals surface area contributed by atoms with Gasteiger partial charge in [0.1, 0.15) is 11.6 Å². The van der Waals surface area contributed by atoms with Gasteiger partial charge in [-0.2, -0.15) is 0 Å². The fourth-order valence-electron chi connectivity index (χ4n) is 4.36. The van der Waals surface area contributed by atoms with E-state index in [-0.39, 0.29) is 17.3 Å². The van der Waals surface area contributed by atoms with Crippen LogP contribution in [0.25, 0.3) is 11.3 Å². The van der Waals surface area contributed by atoms with Gasteiger partial charge in [0, 0.05) is 49.4 Å². The molecule has 12 heteroatoms. The molecule has 0 spiro atoms. The average molecular weight is 578 g/mol. The fourth-order valence-corrected chi connectivity index (χ4v) is 5.32. The lowest BCUT2D eigenvalue weighted by Crippen LogP contribution is -2.36. The van der Waals surface area contributed by atoms with Crippen molar-refractivity contribution in [1.82, 2.24) is 9.88 Å². The molecule has 0 radical (unpaired) electrons. The number of carbonyl (C=O) groups is 1. The Labute approximate surface area is 239 Å². The minimum absolute atomic E-state index is 0.0843. The van der Waals surface area contributed by atoms with Crippen molar-refractivity contribution in [1.29, 1.82) is 0 Å². The molecule has 0 saturated carbocycles. The first-order chi connectivity index (χ1) is 20.0. The Kier molecular flexibility index (Phi) is 9.02. The van der Waals surface area contributed by atoms with E-state index in [1.165, 1.54) is 47.7 Å². The number of halogens is 1. The summed E-state index contributed by atoms with van der Waals surface area (Å²) >= 11 is 1.49. The van der Waals surface area contributed by atoms with E-state index >= 15 is 0 Å². The van der Waals surface area contributed by atoms with Gasteiger partial charge in [-0.25, -0.2) is 14.2 Å². The summed E-state index contributed by atoms with van der Waals surface area (Å²) in [7, 11) is 0. The van der Waals surface area contributed by atoms with Crippen molar-refractivity contribution in [2.75, 3.05) is 37.7 Å². The third kappa shape index (κ3) is 7.35. The van der Waals surface area contributed by atoms with Crippen molar-refractivity contribution >= 4 is 34.5 Å². The molecule has 3 aromatic carbocycles. The molecule has 0 unspecified atom stereocenters. The van der Waals surface area contributed by atoms with Crippen LogP contribution in [0.15, 0.2) is 83.2 Å². The van der Waals surface area contributed by atoms with Gasteiger partial charge in [-0.3, -0.25) is 10.1 Å². The molecule has 212 valence electrons. The molecule has 0 atom stereocenters. The van der Waals surface area contributed by atoms with Gasteiger partial charge in [0.05, 0.1) is 29.5 Å². The Bertz CT molecular complexity index is 1550. The quantitative estimate of drug-likeness (QED) is 0.160. The summed E-state index contributed by atoms with van der Waals surface area (Å²) in [6, 6.07) is 19.7. The van der Waals surface area contributed by atoms with E-state index in [1.54, 1.807) is 12.1 Å². The predicted octanol–water partition coefficient (Wildman–Crippen LogP) is 5.51. The maximum atomic E-state index is 13.4. The van der Waals surface area contributed by atoms with Crippen LogP contribution in [-0.2, 0) is 11.3 Å². The number of hydrogen-bond acceptors (Lipinski definition) is 8. The highest BCUT2D eigenvalue weighted by Crippen LogP contribution is 2.25. The Morgan fingerprint density at radius 3 is 2.44 bits per heavy atom. The number of morpholine rings is 1. The first-order valence-corrected chi connectivity index (χ1v) is 14.0. The van der Waals surface area contributed by atoms with Crippen LogP contribution < -0.4 is 19.8 Å². The van der Waals surface area contributed by atoms with E-state index in [4.69, 9.17) is 14.5 Å². The molecule has 1 amide bonds. The normalized spacial score (nSPS) is 13.7. The number of nitro groups is 1. The lowest BCUT2D eigenvalue weighted by atomic mass is 10.1. The van der Waals surface area contributed by atoms with Crippen LogP contribution in [0.5, 0.6) is 5.75 Å². The van der Waals surface area contributed by atoms with Crippen molar-refractivity contribution in [3.63, 3.8) is 0 Å². The summed E-state index contributed by atoms with van der Waals surface area (Å²) in [5, 5.41) is 15.6. The molecule has 4 aromatic rings. The Morgan fingerprint density at radius 2 is 1.76 bits per heavy atom. The van der Waals surface area contributed by atoms with Gasteiger partial charge in [0.2, 0.25) is 0 Å². The van der Waals surface area contributed by atoms with Gasteiger partial charge in [-0.1, -0.05) is 12.1 Å². The predicted molar refractivity (Wildman–Crippen MR) is 154 cm³/mol. The van der Waals surface area contributed by atoms with E-state index in [0.29, 0.717) is 25.2 Å². The van der Waals surface area contributed by atoms with Gasteiger partial charge < -0.3 is 24.3 Å². The fraction of sp³-hybridized carbons (Fsp3) is 0.241. The molecule has 1 saturated heterocycles. The lowest BCUT2D eigenvalue weighted by Gasteiger charge is -2.28. The summed E-state index contributed by atoms with van der Waals surface area (Å²) in [5.41, 5.74) is 3.72. The second-order valence-electron chi connectivity index (χ2n) is 9.21. The van der Waals surface area contributed by atoms with E-state index < -0.39 is 11.0 Å². The number of benzene rings is 3. The largest absolute Gasteiger partial charge is 0.412 e. The maximum Gasteiger partial charge on any atom is 0.412 e. The number of aromatic nitrogens is 1. The van der Waals surface area contributed by atoms with E-state index in [2.05, 4.69) is 39.0 Å². The van der Waals surface area contributed by atoms with Crippen LogP contribution in [-0.4, -0.2) is 48.4 Å². The molecule has 1 aliphatic rings. The number of rotatable bonds is 9. The number of carbonyl (C=O) groups excluding carboxylic acids is 1. The zero-order valence-electron chi connectivity index (χ0n) is 22.1. The Hall–Kier alpha value is -4.55. The second-order valence-corrected chi connectivity index (χ2v) is 10.0. The van der Waals surface area contributed by atoms with Gasteiger partial charge in [0.15, 0.2) is 4.80 Å². The van der Waals surface area contributed by atoms with Crippen LogP contribution in [0.4, 0.5) is 26.2 Å². The van der Waals surface area contributed by atoms with Crippen molar-refractivity contribution in [3.8, 4) is 17.0 Å². The van der Waals surface area contributed by atoms with Crippen molar-refractivity contribution in [2.45, 2.75) is 13.0 Å². The number of nitrogens with one attached hydrogen (secondary N) is 1. The lowest BCUT2D eigenvalue weighted by molar-refractivity contribution is -0.384. The minimum atomic E-state index is -0.649. The van der Waals surface area contributed by atoms with E-state index in [0.717, 1.165) is 48.0 Å². The monoisotopic (exact) mass is 577 g/mol. The molecule has 2 heterocycles. The highest BCUT2D eigenvalue weighted by molar-refractivity contribution is 7.07. The number of nitrogens with zero attached hydrogens (tertiary/aromatic N) is 4. The first kappa shape index (κ1) is 28.0. The zero-order valence-corrected chi connectivity index (χ0v) is 22.9. The Morgan fingerprint density at radius 1 is 1.05 bits per heavy atom. The summed E-state index contributed by atoms with van der Waals surface area (Å²) in [5.74, 6) is -0.112. The number of ether oxygens (including phenoxy) is 2. The smallest absolute Gasteiger partial charge is 0.410 e. The minimum Gasteiger partial charge on any atom is -0.410 e. The molecule has 41 heavy (non-hydrogen) atoms. The highest BCUT2D eigenvalue weighted by Gasteiger charge is 2.14. The topological polar surface area (TPSA) is 111 Å². The molecule has 1 fully saturated rings. The molecule has 0 bridgehead atoms. The molecule has 1 aliphatic heterocycles. The zero-order chi connectivity index (χ0) is 28.6. The second kappa shape index (κ2) is 13.2. The third-order valence-electron chi connectivity index (χ3n) is 6.47. The van der Waals surface area contributed by atoms with Gasteiger partial charge in [-0.05, 0) is 60.5 Å². The summed E-state index contributed by atoms with van der Waals surface area (Å²) in [6.45, 7) is 4.05. The summed E-state index contributed by atoms with van der Waals surface area (Å²) in [6.07, 6.45) is -0.0639. The number of thiazole rings is 1. The van der Waals surface area contributed by atoms with Crippen LogP contribution in [0.2, 0.25) is 0 Å². The van der Waals surface area contributed by atoms with Crippen LogP contribution in [0, 0.1) is 15.9 Å². The molecular weight excluding hydrogens is 549 g/mol. The molecular formula is C29H28FN5O5S. The first-order valence-electron chi connectivity index (χ1n) is 13.1. The number of amides is 1. The van der Waals surface area contributed by atoms with E-state index in [9.17, 15) is 19.3 Å². The van der Waals surface area contributed by atoms with Gasteiger partial charge in [-0.15, -0.1) is 11.3 Å². The molecule has 1 aromatic heterocycles. The standard InChI is InChI=1S/C29H28FN5O5S/c30-22-4-6-23(7-5-22)32-28-34(15-1-14-31-29(36)40-26-12-10-25(11-13-26)35(37)38)27(20-41-28)21-2-8-24(9-3-21)33-16-18-39-19-17-33/h2-13,20H,1,14-19H2,(H,31,36). The van der Waals surface area contributed by atoms with Crippen molar-refractivity contribution in [3.05, 3.63) is 98.9 Å². The SMILES string of the molecule is O=C(NCCCn1c(-c2ccc(N3CCOCC3)cc2)csc1=Nc1ccc(F)cc1)Oc1ccc([N+](=O)[O-])cc1. The van der Waals surface area contributed by atoms with Crippen LogP contribution in [0.1, 0.15) is 6.42 Å².